The van der Waals surface area contributed by atoms with Crippen molar-refractivity contribution in [3.8, 4) is 17.2 Å². The summed E-state index contributed by atoms with van der Waals surface area (Å²) in [4.78, 5) is 0. The van der Waals surface area contributed by atoms with E-state index in [-0.39, 0.29) is 22.9 Å². The van der Waals surface area contributed by atoms with E-state index < -0.39 is 0 Å². The highest BCUT2D eigenvalue weighted by Crippen LogP contribution is 2.36. The number of benzene rings is 1. The van der Waals surface area contributed by atoms with Gasteiger partial charge in [-0.2, -0.15) is 0 Å². The van der Waals surface area contributed by atoms with Crippen LogP contribution in [-0.4, -0.2) is 21.9 Å². The van der Waals surface area contributed by atoms with E-state index in [0.717, 1.165) is 12.1 Å². The normalized spacial score (nSPS) is 9.75. The Hall–Kier alpha value is -1.58. The third-order valence-electron chi connectivity index (χ3n) is 1.44. The Morgan fingerprint density at radius 2 is 1.67 bits per heavy atom. The maximum absolute atomic E-state index is 9.22. The van der Waals surface area contributed by atoms with Crippen molar-refractivity contribution in [2.75, 3.05) is 11.9 Å². The van der Waals surface area contributed by atoms with Crippen LogP contribution < -0.4 is 5.32 Å². The molecule has 0 aliphatic rings. The summed E-state index contributed by atoms with van der Waals surface area (Å²) in [6.07, 6.45) is 0. The van der Waals surface area contributed by atoms with Gasteiger partial charge in [-0.25, -0.2) is 0 Å². The lowest BCUT2D eigenvalue weighted by atomic mass is 10.2. The molecule has 0 spiro atoms. The van der Waals surface area contributed by atoms with E-state index in [1.54, 1.807) is 0 Å². The highest BCUT2D eigenvalue weighted by molar-refractivity contribution is 5.67. The van der Waals surface area contributed by atoms with Gasteiger partial charge < -0.3 is 20.6 Å². The molecule has 4 nitrogen and oxygen atoms in total. The van der Waals surface area contributed by atoms with Gasteiger partial charge in [0.2, 0.25) is 0 Å². The van der Waals surface area contributed by atoms with Crippen molar-refractivity contribution in [1.29, 1.82) is 0 Å². The summed E-state index contributed by atoms with van der Waals surface area (Å²) in [5.74, 6) is -0.477. The number of aromatic hydroxyl groups is 3. The van der Waals surface area contributed by atoms with Crippen molar-refractivity contribution in [3.05, 3.63) is 12.1 Å². The van der Waals surface area contributed by atoms with Crippen molar-refractivity contribution in [2.45, 2.75) is 6.92 Å². The van der Waals surface area contributed by atoms with Gasteiger partial charge in [0.15, 0.2) is 0 Å². The van der Waals surface area contributed by atoms with E-state index in [4.69, 9.17) is 5.11 Å². The van der Waals surface area contributed by atoms with Crippen LogP contribution in [0.5, 0.6) is 17.2 Å². The van der Waals surface area contributed by atoms with E-state index in [9.17, 15) is 10.2 Å². The zero-order chi connectivity index (χ0) is 9.14. The number of phenols is 3. The lowest BCUT2D eigenvalue weighted by Gasteiger charge is -2.08. The van der Waals surface area contributed by atoms with Gasteiger partial charge in [-0.1, -0.05) is 0 Å². The molecule has 0 heterocycles. The maximum atomic E-state index is 9.22. The van der Waals surface area contributed by atoms with Gasteiger partial charge in [-0.3, -0.25) is 0 Å². The molecule has 0 aromatic heterocycles. The SMILES string of the molecule is CCNc1c(O)cc(O)cc1O. The van der Waals surface area contributed by atoms with E-state index in [1.807, 2.05) is 6.92 Å². The third kappa shape index (κ3) is 1.53. The first-order valence-electron chi connectivity index (χ1n) is 3.64. The smallest absolute Gasteiger partial charge is 0.146 e. The van der Waals surface area contributed by atoms with Crippen molar-refractivity contribution in [1.82, 2.24) is 0 Å². The Bertz CT molecular complexity index is 263. The number of rotatable bonds is 2. The summed E-state index contributed by atoms with van der Waals surface area (Å²) in [7, 11) is 0. The molecule has 1 aromatic carbocycles. The zero-order valence-electron chi connectivity index (χ0n) is 6.70. The zero-order valence-corrected chi connectivity index (χ0v) is 6.70. The standard InChI is InChI=1S/C8H11NO3/c1-2-9-8-6(11)3-5(10)4-7(8)12/h3-4,9-12H,2H2,1H3. The maximum Gasteiger partial charge on any atom is 0.146 e. The molecule has 4 N–H and O–H groups in total. The van der Waals surface area contributed by atoms with Crippen LogP contribution in [0.2, 0.25) is 0 Å². The lowest BCUT2D eigenvalue weighted by Crippen LogP contribution is -1.96. The Balaban J connectivity index is 3.10. The molecule has 0 atom stereocenters. The molecule has 0 bridgehead atoms. The van der Waals surface area contributed by atoms with Gasteiger partial charge in [0.25, 0.3) is 0 Å². The fraction of sp³-hybridized carbons (Fsp3) is 0.250. The summed E-state index contributed by atoms with van der Waals surface area (Å²) in [6, 6.07) is 2.33. The predicted octanol–water partition coefficient (Wildman–Crippen LogP) is 1.24. The minimum absolute atomic E-state index is 0.158. The summed E-state index contributed by atoms with van der Waals surface area (Å²) in [5.41, 5.74) is 0.246. The second-order valence-electron chi connectivity index (χ2n) is 2.39. The minimum Gasteiger partial charge on any atom is -0.508 e. The molecular weight excluding hydrogens is 158 g/mol. The Morgan fingerprint density at radius 3 is 2.08 bits per heavy atom. The van der Waals surface area contributed by atoms with Crippen LogP contribution >= 0.6 is 0 Å². The van der Waals surface area contributed by atoms with E-state index >= 15 is 0 Å². The highest BCUT2D eigenvalue weighted by Gasteiger charge is 2.07. The van der Waals surface area contributed by atoms with Crippen molar-refractivity contribution >= 4 is 5.69 Å². The van der Waals surface area contributed by atoms with Gasteiger partial charge in [-0.05, 0) is 6.92 Å². The molecule has 0 amide bonds. The molecule has 0 radical (unpaired) electrons. The van der Waals surface area contributed by atoms with Gasteiger partial charge in [-0.15, -0.1) is 0 Å². The fourth-order valence-electron chi connectivity index (χ4n) is 0.955. The first-order valence-corrected chi connectivity index (χ1v) is 3.64. The van der Waals surface area contributed by atoms with Crippen molar-refractivity contribution in [3.63, 3.8) is 0 Å². The molecule has 1 aromatic rings. The molecule has 0 unspecified atom stereocenters. The van der Waals surface area contributed by atoms with Crippen LogP contribution in [0.1, 0.15) is 6.92 Å². The molecule has 0 fully saturated rings. The lowest BCUT2D eigenvalue weighted by molar-refractivity contribution is 0.430. The predicted molar refractivity (Wildman–Crippen MR) is 45.6 cm³/mol. The van der Waals surface area contributed by atoms with Crippen LogP contribution in [-0.2, 0) is 0 Å². The first kappa shape index (κ1) is 8.52. The van der Waals surface area contributed by atoms with Gasteiger partial charge in [0, 0.05) is 18.7 Å². The third-order valence-corrected chi connectivity index (χ3v) is 1.44. The van der Waals surface area contributed by atoms with Crippen LogP contribution in [0.15, 0.2) is 12.1 Å². The molecular formula is C8H11NO3. The number of hydrogen-bond donors (Lipinski definition) is 4. The molecule has 0 saturated heterocycles. The average Bonchev–Trinajstić information content (AvgIpc) is 1.96. The van der Waals surface area contributed by atoms with E-state index in [2.05, 4.69) is 5.32 Å². The number of phenolic OH excluding ortho intramolecular Hbond substituents is 3. The summed E-state index contributed by atoms with van der Waals surface area (Å²) in [6.45, 7) is 2.43. The second-order valence-corrected chi connectivity index (χ2v) is 2.39. The monoisotopic (exact) mass is 169 g/mol. The fourth-order valence-corrected chi connectivity index (χ4v) is 0.955. The number of anilines is 1. The van der Waals surface area contributed by atoms with Crippen molar-refractivity contribution < 1.29 is 15.3 Å². The Morgan fingerprint density at radius 1 is 1.17 bits per heavy atom. The van der Waals surface area contributed by atoms with Crippen LogP contribution in [0.25, 0.3) is 0 Å². The minimum atomic E-state index is -0.161. The van der Waals surface area contributed by atoms with Crippen molar-refractivity contribution in [2.24, 2.45) is 0 Å². The largest absolute Gasteiger partial charge is 0.508 e. The van der Waals surface area contributed by atoms with Crippen LogP contribution in [0.3, 0.4) is 0 Å². The Kier molecular flexibility index (Phi) is 2.28. The molecule has 0 aliphatic heterocycles. The van der Waals surface area contributed by atoms with E-state index in [1.165, 1.54) is 0 Å². The second kappa shape index (κ2) is 3.21. The Labute approximate surface area is 70.1 Å². The average molecular weight is 169 g/mol. The highest BCUT2D eigenvalue weighted by atomic mass is 16.3. The molecule has 0 saturated carbocycles. The first-order chi connectivity index (χ1) is 5.65. The van der Waals surface area contributed by atoms with Gasteiger partial charge in [0.1, 0.15) is 22.9 Å². The molecule has 1 rings (SSSR count). The number of nitrogens with one attached hydrogen (secondary N) is 1. The van der Waals surface area contributed by atoms with Gasteiger partial charge in [0.05, 0.1) is 0 Å². The topological polar surface area (TPSA) is 72.7 Å². The van der Waals surface area contributed by atoms with Crippen LogP contribution in [0, 0.1) is 0 Å². The molecule has 12 heavy (non-hydrogen) atoms. The molecule has 0 aliphatic carbocycles. The van der Waals surface area contributed by atoms with Gasteiger partial charge >= 0.3 is 0 Å². The summed E-state index contributed by atoms with van der Waals surface area (Å²) >= 11 is 0. The van der Waals surface area contributed by atoms with E-state index in [0.29, 0.717) is 6.54 Å². The molecule has 66 valence electrons. The quantitative estimate of drug-likeness (QED) is 0.397. The summed E-state index contributed by atoms with van der Waals surface area (Å²) in [5, 5.41) is 30.1. The molecule has 4 heteroatoms. The summed E-state index contributed by atoms with van der Waals surface area (Å²) < 4.78 is 0. The van der Waals surface area contributed by atoms with Crippen LogP contribution in [0.4, 0.5) is 5.69 Å². The number of hydrogen-bond acceptors (Lipinski definition) is 4.